The van der Waals surface area contributed by atoms with E-state index >= 15 is 0 Å². The van der Waals surface area contributed by atoms with Gasteiger partial charge in [0.2, 0.25) is 0 Å². The van der Waals surface area contributed by atoms with E-state index in [9.17, 15) is 0 Å². The van der Waals surface area contributed by atoms with Crippen molar-refractivity contribution in [3.05, 3.63) is 54.1 Å². The van der Waals surface area contributed by atoms with Crippen LogP contribution in [0.3, 0.4) is 0 Å². The maximum atomic E-state index is 9.15. The quantitative estimate of drug-likeness (QED) is 0.294. The van der Waals surface area contributed by atoms with Crippen molar-refractivity contribution in [2.75, 3.05) is 28.2 Å². The molecule has 0 saturated heterocycles. The number of hydrogen-bond donors (Lipinski definition) is 2. The number of nitrogens with zero attached hydrogens (tertiary/aromatic N) is 7. The second-order valence-corrected chi connectivity index (χ2v) is 10.5. The van der Waals surface area contributed by atoms with Gasteiger partial charge in [-0.25, -0.2) is 0 Å². The Morgan fingerprint density at radius 1 is 0.571 bits per heavy atom. The van der Waals surface area contributed by atoms with Gasteiger partial charge in [0.1, 0.15) is 17.2 Å². The Labute approximate surface area is 301 Å². The Balaban J connectivity index is -0.000000163. The third-order valence-corrected chi connectivity index (χ3v) is 6.40. The number of hydrogen-bond acceptors (Lipinski definition) is 9. The number of phenols is 2. The lowest BCUT2D eigenvalue weighted by atomic mass is 9.84. The summed E-state index contributed by atoms with van der Waals surface area (Å²) in [6.45, 7) is 29.9. The largest absolute Gasteiger partial charge is 0.507 e. The van der Waals surface area contributed by atoms with E-state index in [1.807, 2.05) is 107 Å². The van der Waals surface area contributed by atoms with Crippen molar-refractivity contribution in [2.45, 2.75) is 115 Å². The summed E-state index contributed by atoms with van der Waals surface area (Å²) in [5.74, 6) is 0.494. The first-order valence-corrected chi connectivity index (χ1v) is 16.8. The summed E-state index contributed by atoms with van der Waals surface area (Å²) in [5, 5.41) is 18.3. The van der Waals surface area contributed by atoms with Crippen LogP contribution in [0.2, 0.25) is 0 Å². The van der Waals surface area contributed by atoms with Crippen LogP contribution < -0.4 is 0 Å². The van der Waals surface area contributed by atoms with Gasteiger partial charge in [0.25, 0.3) is 0 Å². The van der Waals surface area contributed by atoms with Gasteiger partial charge in [-0.05, 0) is 113 Å². The molecule has 9 nitrogen and oxygen atoms in total. The zero-order chi connectivity index (χ0) is 39.5. The van der Waals surface area contributed by atoms with Gasteiger partial charge in [-0.15, -0.1) is 0 Å². The number of aliphatic imine (C=N–C) groups is 7. The minimum Gasteiger partial charge on any atom is -0.507 e. The predicted molar refractivity (Wildman–Crippen MR) is 226 cm³/mol. The van der Waals surface area contributed by atoms with Gasteiger partial charge in [0, 0.05) is 51.9 Å². The molecule has 0 fully saturated rings. The van der Waals surface area contributed by atoms with Crippen LogP contribution in [0.4, 0.5) is 5.69 Å². The second kappa shape index (κ2) is 35.0. The molecule has 0 radical (unpaired) electrons. The van der Waals surface area contributed by atoms with Crippen LogP contribution in [-0.4, -0.2) is 91.5 Å². The van der Waals surface area contributed by atoms with Crippen LogP contribution in [-0.2, 0) is 0 Å². The summed E-state index contributed by atoms with van der Waals surface area (Å²) in [4.78, 5) is 28.2. The molecule has 2 N–H and O–H groups in total. The van der Waals surface area contributed by atoms with Gasteiger partial charge in [-0.3, -0.25) is 34.9 Å². The average molecular weight is 682 g/mol. The fourth-order valence-corrected chi connectivity index (χ4v) is 2.73. The molecule has 9 heteroatoms. The van der Waals surface area contributed by atoms with E-state index in [1.165, 1.54) is 0 Å². The highest BCUT2D eigenvalue weighted by Gasteiger charge is 2.35. The predicted octanol–water partition coefficient (Wildman–Crippen LogP) is 10.6. The monoisotopic (exact) mass is 682 g/mol. The van der Waals surface area contributed by atoms with Crippen LogP contribution in [0.15, 0.2) is 83.5 Å². The molecule has 0 aliphatic rings. The maximum absolute atomic E-state index is 9.15. The molecule has 49 heavy (non-hydrogen) atoms. The van der Waals surface area contributed by atoms with Crippen LogP contribution >= 0.6 is 0 Å². The topological polar surface area (TPSA) is 127 Å². The zero-order valence-corrected chi connectivity index (χ0v) is 34.5. The molecule has 0 unspecified atom stereocenters. The highest BCUT2D eigenvalue weighted by molar-refractivity contribution is 6.40. The first-order chi connectivity index (χ1) is 23.0. The van der Waals surface area contributed by atoms with Crippen LogP contribution in [0.25, 0.3) is 0 Å². The van der Waals surface area contributed by atoms with Gasteiger partial charge in [-0.2, -0.15) is 0 Å². The number of para-hydroxylation sites is 3. The van der Waals surface area contributed by atoms with Crippen molar-refractivity contribution in [3.8, 4) is 11.5 Å². The molecule has 0 atom stereocenters. The van der Waals surface area contributed by atoms with E-state index in [0.29, 0.717) is 5.69 Å². The van der Waals surface area contributed by atoms with E-state index < -0.39 is 0 Å². The summed E-state index contributed by atoms with van der Waals surface area (Å²) < 4.78 is 0. The molecule has 2 aromatic carbocycles. The van der Waals surface area contributed by atoms with Crippen LogP contribution in [0.5, 0.6) is 11.5 Å². The molecule has 0 saturated carbocycles. The molecule has 2 aromatic rings. The maximum Gasteiger partial charge on any atom is 0.141 e. The molecule has 0 bridgehead atoms. The molecule has 0 aliphatic carbocycles. The number of rotatable bonds is 6. The average Bonchev–Trinajstić information content (AvgIpc) is 3.09. The standard InChI is InChI=1S/C10H20N2.2C8H9NO.C6H12N2.C4H9N.2C2H6/c1-7-11-9(3,4)10(5,6)12-8-2;1-9-6-7-4-2-3-5-8(7)10;1-2-9-7-5-3-4-6-8(7)10;1-5(7-3)6(2)8-4;1-4(2)5-3;2*1-2/h7-8H,1-6H3;2*2-6,10H,1H3;1-4H3;1-3H3;2*1-2H3. The number of phenolic OH excluding ortho intramolecular Hbond substituents is 2. The second-order valence-electron chi connectivity index (χ2n) is 10.5. The first kappa shape index (κ1) is 54.2. The van der Waals surface area contributed by atoms with Gasteiger partial charge in [0.15, 0.2) is 0 Å². The Bertz CT molecular complexity index is 1190. The Kier molecular flexibility index (Phi) is 38.8. The molecule has 0 spiro atoms. The molecule has 0 aromatic heterocycles. The fourth-order valence-electron chi connectivity index (χ4n) is 2.73. The fraction of sp³-hybridized carbons (Fsp3) is 0.525. The smallest absolute Gasteiger partial charge is 0.141 e. The van der Waals surface area contributed by atoms with Gasteiger partial charge < -0.3 is 10.2 Å². The Morgan fingerprint density at radius 2 is 0.939 bits per heavy atom. The lowest BCUT2D eigenvalue weighted by Gasteiger charge is -2.34. The van der Waals surface area contributed by atoms with Crippen LogP contribution in [0.1, 0.15) is 109 Å². The highest BCUT2D eigenvalue weighted by Crippen LogP contribution is 2.28. The molecule has 0 aliphatic heterocycles. The third-order valence-electron chi connectivity index (χ3n) is 6.40. The Hall–Kier alpha value is -4.27. The van der Waals surface area contributed by atoms with Crippen molar-refractivity contribution < 1.29 is 10.2 Å². The summed E-state index contributed by atoms with van der Waals surface area (Å²) in [6.07, 6.45) is 6.95. The van der Waals surface area contributed by atoms with E-state index in [2.05, 4.69) is 62.6 Å². The van der Waals surface area contributed by atoms with Crippen LogP contribution in [0, 0.1) is 0 Å². The summed E-state index contributed by atoms with van der Waals surface area (Å²) in [7, 11) is 7.00. The van der Waals surface area contributed by atoms with E-state index in [1.54, 1.807) is 71.0 Å². The normalized spacial score (nSPS) is 11.2. The molecule has 0 heterocycles. The lowest BCUT2D eigenvalue weighted by molar-refractivity contribution is 0.317. The van der Waals surface area contributed by atoms with E-state index in [4.69, 9.17) is 10.2 Å². The molecular weight excluding hydrogens is 610 g/mol. The summed E-state index contributed by atoms with van der Waals surface area (Å²) in [6, 6.07) is 14.1. The van der Waals surface area contributed by atoms with Crippen molar-refractivity contribution in [2.24, 2.45) is 34.9 Å². The number of benzene rings is 2. The molecule has 0 amide bonds. The van der Waals surface area contributed by atoms with Gasteiger partial charge >= 0.3 is 0 Å². The minimum atomic E-state index is -0.131. The summed E-state index contributed by atoms with van der Waals surface area (Å²) in [5.41, 5.74) is 4.25. The third kappa shape index (κ3) is 29.6. The van der Waals surface area contributed by atoms with Crippen molar-refractivity contribution >= 4 is 47.7 Å². The number of aromatic hydroxyl groups is 2. The van der Waals surface area contributed by atoms with Crippen molar-refractivity contribution in [1.82, 2.24) is 0 Å². The van der Waals surface area contributed by atoms with E-state index in [0.717, 1.165) is 22.7 Å². The molecule has 2 rings (SSSR count). The highest BCUT2D eigenvalue weighted by atomic mass is 16.3. The SMILES string of the molecule is CC.CC.CC=NC(C)(C)C(C)(C)N=CC.CC=Nc1ccccc1O.CN=C(C)C.CN=C(C)C(C)=NC.CN=Cc1ccccc1O. The van der Waals surface area contributed by atoms with Crippen molar-refractivity contribution in [1.29, 1.82) is 0 Å². The van der Waals surface area contributed by atoms with E-state index in [-0.39, 0.29) is 22.6 Å². The summed E-state index contributed by atoms with van der Waals surface area (Å²) >= 11 is 0. The minimum absolute atomic E-state index is 0.131. The van der Waals surface area contributed by atoms with Gasteiger partial charge in [0.05, 0.1) is 22.5 Å². The van der Waals surface area contributed by atoms with Gasteiger partial charge in [-0.1, -0.05) is 52.0 Å². The zero-order valence-electron chi connectivity index (χ0n) is 34.5. The Morgan fingerprint density at radius 3 is 1.22 bits per heavy atom. The first-order valence-electron chi connectivity index (χ1n) is 16.8. The van der Waals surface area contributed by atoms with Crippen molar-refractivity contribution in [3.63, 3.8) is 0 Å². The molecular formula is C40H71N7O2. The lowest BCUT2D eigenvalue weighted by Crippen LogP contribution is -2.42. The molecule has 278 valence electrons.